The standard InChI is InChI=1S/C8H6ClNOS/c9-4-6-5-10-11-8(6)7-2-1-3-12-7/h1-3,5H,4H2. The van der Waals surface area contributed by atoms with E-state index in [0.29, 0.717) is 5.88 Å². The van der Waals surface area contributed by atoms with Gasteiger partial charge in [-0.15, -0.1) is 22.9 Å². The minimum absolute atomic E-state index is 0.441. The van der Waals surface area contributed by atoms with Gasteiger partial charge in [0, 0.05) is 5.56 Å². The monoisotopic (exact) mass is 199 g/mol. The fourth-order valence-corrected chi connectivity index (χ4v) is 1.89. The first kappa shape index (κ1) is 7.83. The van der Waals surface area contributed by atoms with E-state index in [1.54, 1.807) is 17.5 Å². The molecule has 2 aromatic rings. The van der Waals surface area contributed by atoms with E-state index in [-0.39, 0.29) is 0 Å². The van der Waals surface area contributed by atoms with Crippen LogP contribution in [0.5, 0.6) is 0 Å². The summed E-state index contributed by atoms with van der Waals surface area (Å²) < 4.78 is 5.08. The van der Waals surface area contributed by atoms with Crippen LogP contribution < -0.4 is 0 Å². The number of nitrogens with zero attached hydrogens (tertiary/aromatic N) is 1. The zero-order valence-electron chi connectivity index (χ0n) is 6.16. The summed E-state index contributed by atoms with van der Waals surface area (Å²) in [6.07, 6.45) is 1.65. The number of halogens is 1. The molecule has 2 heterocycles. The number of hydrogen-bond acceptors (Lipinski definition) is 3. The number of hydrogen-bond donors (Lipinski definition) is 0. The maximum atomic E-state index is 5.69. The molecule has 0 amide bonds. The van der Waals surface area contributed by atoms with E-state index in [1.807, 2.05) is 17.5 Å². The summed E-state index contributed by atoms with van der Waals surface area (Å²) in [6, 6.07) is 3.96. The Morgan fingerprint density at radius 1 is 1.58 bits per heavy atom. The molecular weight excluding hydrogens is 194 g/mol. The first-order valence-corrected chi connectivity index (χ1v) is 4.86. The van der Waals surface area contributed by atoms with Crippen LogP contribution in [0.3, 0.4) is 0 Å². The molecule has 2 aromatic heterocycles. The highest BCUT2D eigenvalue weighted by atomic mass is 35.5. The second-order valence-corrected chi connectivity index (χ2v) is 3.51. The van der Waals surface area contributed by atoms with Crippen molar-refractivity contribution < 1.29 is 4.52 Å². The summed E-state index contributed by atoms with van der Waals surface area (Å²) in [5, 5.41) is 5.69. The van der Waals surface area contributed by atoms with Gasteiger partial charge in [-0.05, 0) is 11.4 Å². The summed E-state index contributed by atoms with van der Waals surface area (Å²) >= 11 is 7.31. The number of rotatable bonds is 2. The third kappa shape index (κ3) is 1.26. The summed E-state index contributed by atoms with van der Waals surface area (Å²) in [5.74, 6) is 1.23. The maximum Gasteiger partial charge on any atom is 0.181 e. The summed E-state index contributed by atoms with van der Waals surface area (Å²) in [4.78, 5) is 1.07. The fraction of sp³-hybridized carbons (Fsp3) is 0.125. The van der Waals surface area contributed by atoms with Crippen LogP contribution in [0.25, 0.3) is 10.6 Å². The van der Waals surface area contributed by atoms with E-state index >= 15 is 0 Å². The van der Waals surface area contributed by atoms with Crippen LogP contribution in [0.2, 0.25) is 0 Å². The van der Waals surface area contributed by atoms with Crippen LogP contribution in [0, 0.1) is 0 Å². The Labute approximate surface area is 78.8 Å². The maximum absolute atomic E-state index is 5.69. The quantitative estimate of drug-likeness (QED) is 0.695. The van der Waals surface area contributed by atoms with Crippen molar-refractivity contribution in [3.05, 3.63) is 29.3 Å². The molecule has 62 valence electrons. The van der Waals surface area contributed by atoms with E-state index in [2.05, 4.69) is 5.16 Å². The molecule has 0 N–H and O–H groups in total. The van der Waals surface area contributed by atoms with Gasteiger partial charge in [0.25, 0.3) is 0 Å². The van der Waals surface area contributed by atoms with Crippen molar-refractivity contribution in [1.29, 1.82) is 0 Å². The van der Waals surface area contributed by atoms with Gasteiger partial charge in [0.05, 0.1) is 17.0 Å². The molecule has 0 aromatic carbocycles. The number of thiophene rings is 1. The average molecular weight is 200 g/mol. The number of alkyl halides is 1. The van der Waals surface area contributed by atoms with Crippen molar-refractivity contribution in [2.45, 2.75) is 5.88 Å². The molecule has 0 atom stereocenters. The van der Waals surface area contributed by atoms with Gasteiger partial charge in [-0.2, -0.15) is 0 Å². The predicted octanol–water partition coefficient (Wildman–Crippen LogP) is 3.14. The molecule has 0 aliphatic rings. The van der Waals surface area contributed by atoms with E-state index in [1.165, 1.54) is 0 Å². The van der Waals surface area contributed by atoms with E-state index in [0.717, 1.165) is 16.2 Å². The predicted molar refractivity (Wildman–Crippen MR) is 49.4 cm³/mol. The van der Waals surface area contributed by atoms with Crippen molar-refractivity contribution in [3.8, 4) is 10.6 Å². The Morgan fingerprint density at radius 3 is 3.17 bits per heavy atom. The highest BCUT2D eigenvalue weighted by molar-refractivity contribution is 7.13. The highest BCUT2D eigenvalue weighted by Crippen LogP contribution is 2.28. The van der Waals surface area contributed by atoms with Crippen LogP contribution in [-0.2, 0) is 5.88 Å². The van der Waals surface area contributed by atoms with Gasteiger partial charge in [-0.3, -0.25) is 0 Å². The smallest absolute Gasteiger partial charge is 0.181 e. The lowest BCUT2D eigenvalue weighted by molar-refractivity contribution is 0.432. The second-order valence-electron chi connectivity index (χ2n) is 2.29. The number of aromatic nitrogens is 1. The molecular formula is C8H6ClNOS. The fourth-order valence-electron chi connectivity index (χ4n) is 0.966. The van der Waals surface area contributed by atoms with Crippen molar-refractivity contribution in [2.24, 2.45) is 0 Å². The van der Waals surface area contributed by atoms with Gasteiger partial charge in [0.15, 0.2) is 5.76 Å². The molecule has 2 nitrogen and oxygen atoms in total. The molecule has 0 bridgehead atoms. The van der Waals surface area contributed by atoms with Gasteiger partial charge in [-0.1, -0.05) is 11.2 Å². The largest absolute Gasteiger partial charge is 0.355 e. The second kappa shape index (κ2) is 3.29. The molecule has 12 heavy (non-hydrogen) atoms. The van der Waals surface area contributed by atoms with Crippen LogP contribution in [0.15, 0.2) is 28.2 Å². The van der Waals surface area contributed by atoms with Crippen LogP contribution in [0.1, 0.15) is 5.56 Å². The van der Waals surface area contributed by atoms with E-state index in [4.69, 9.17) is 16.1 Å². The third-order valence-electron chi connectivity index (χ3n) is 1.53. The van der Waals surface area contributed by atoms with Gasteiger partial charge in [0.2, 0.25) is 0 Å². The molecule has 0 saturated heterocycles. The van der Waals surface area contributed by atoms with Crippen LogP contribution in [-0.4, -0.2) is 5.16 Å². The Kier molecular flexibility index (Phi) is 2.15. The van der Waals surface area contributed by atoms with Gasteiger partial charge < -0.3 is 4.52 Å². The van der Waals surface area contributed by atoms with Crippen molar-refractivity contribution in [3.63, 3.8) is 0 Å². The first-order valence-electron chi connectivity index (χ1n) is 3.45. The van der Waals surface area contributed by atoms with Gasteiger partial charge in [-0.25, -0.2) is 0 Å². The Balaban J connectivity index is 2.46. The zero-order chi connectivity index (χ0) is 8.39. The Hall–Kier alpha value is -0.800. The molecule has 0 radical (unpaired) electrons. The van der Waals surface area contributed by atoms with Crippen molar-refractivity contribution >= 4 is 22.9 Å². The first-order chi connectivity index (χ1) is 5.92. The molecule has 0 unspecified atom stereocenters. The van der Waals surface area contributed by atoms with Crippen molar-refractivity contribution in [2.75, 3.05) is 0 Å². The normalized spacial score (nSPS) is 10.4. The van der Waals surface area contributed by atoms with Gasteiger partial charge in [0.1, 0.15) is 0 Å². The van der Waals surface area contributed by atoms with E-state index < -0.39 is 0 Å². The lowest BCUT2D eigenvalue weighted by atomic mass is 10.2. The van der Waals surface area contributed by atoms with Gasteiger partial charge >= 0.3 is 0 Å². The molecule has 0 saturated carbocycles. The summed E-state index contributed by atoms with van der Waals surface area (Å²) in [7, 11) is 0. The topological polar surface area (TPSA) is 26.0 Å². The van der Waals surface area contributed by atoms with Crippen LogP contribution in [0.4, 0.5) is 0 Å². The summed E-state index contributed by atoms with van der Waals surface area (Å²) in [5.41, 5.74) is 0.944. The molecule has 4 heteroatoms. The molecule has 0 spiro atoms. The van der Waals surface area contributed by atoms with Crippen molar-refractivity contribution in [1.82, 2.24) is 5.16 Å². The SMILES string of the molecule is ClCc1cnoc1-c1cccs1. The highest BCUT2D eigenvalue weighted by Gasteiger charge is 2.09. The summed E-state index contributed by atoms with van der Waals surface area (Å²) in [6.45, 7) is 0. The van der Waals surface area contributed by atoms with Crippen LogP contribution >= 0.6 is 22.9 Å². The average Bonchev–Trinajstić information content (AvgIpc) is 2.74. The molecule has 0 fully saturated rings. The minimum atomic E-state index is 0.441. The minimum Gasteiger partial charge on any atom is -0.355 e. The molecule has 2 rings (SSSR count). The van der Waals surface area contributed by atoms with E-state index in [9.17, 15) is 0 Å². The Bertz CT molecular complexity index is 355. The zero-order valence-corrected chi connectivity index (χ0v) is 7.73. The third-order valence-corrected chi connectivity index (χ3v) is 2.69. The lowest BCUT2D eigenvalue weighted by Crippen LogP contribution is -1.74. The molecule has 0 aliphatic carbocycles. The lowest BCUT2D eigenvalue weighted by Gasteiger charge is -1.90. The Morgan fingerprint density at radius 2 is 2.50 bits per heavy atom. The molecule has 0 aliphatic heterocycles.